The number of benzene rings is 1. The molecule has 1 aromatic rings. The summed E-state index contributed by atoms with van der Waals surface area (Å²) in [7, 11) is 0. The summed E-state index contributed by atoms with van der Waals surface area (Å²) in [6, 6.07) is 7.66. The van der Waals surface area contributed by atoms with Crippen LogP contribution in [0.5, 0.6) is 5.75 Å². The SMILES string of the molecule is O=CCCCOc1cccc(Br)c1. The van der Waals surface area contributed by atoms with Crippen molar-refractivity contribution in [2.45, 2.75) is 12.8 Å². The van der Waals surface area contributed by atoms with Crippen LogP contribution < -0.4 is 4.74 Å². The van der Waals surface area contributed by atoms with Gasteiger partial charge >= 0.3 is 0 Å². The Morgan fingerprint density at radius 2 is 2.31 bits per heavy atom. The van der Waals surface area contributed by atoms with Crippen molar-refractivity contribution in [1.82, 2.24) is 0 Å². The van der Waals surface area contributed by atoms with E-state index < -0.39 is 0 Å². The molecule has 2 nitrogen and oxygen atoms in total. The summed E-state index contributed by atoms with van der Waals surface area (Å²) in [4.78, 5) is 10.0. The molecule has 0 saturated heterocycles. The molecule has 70 valence electrons. The van der Waals surface area contributed by atoms with Crippen LogP contribution in [-0.2, 0) is 4.79 Å². The highest BCUT2D eigenvalue weighted by Gasteiger charge is 1.93. The van der Waals surface area contributed by atoms with Gasteiger partial charge in [-0.05, 0) is 24.6 Å². The fraction of sp³-hybridized carbons (Fsp3) is 0.300. The van der Waals surface area contributed by atoms with Gasteiger partial charge in [0.1, 0.15) is 12.0 Å². The van der Waals surface area contributed by atoms with Gasteiger partial charge < -0.3 is 9.53 Å². The highest BCUT2D eigenvalue weighted by atomic mass is 79.9. The minimum atomic E-state index is 0.563. The van der Waals surface area contributed by atoms with Gasteiger partial charge in [-0.1, -0.05) is 22.0 Å². The minimum Gasteiger partial charge on any atom is -0.494 e. The molecule has 0 unspecified atom stereocenters. The lowest BCUT2D eigenvalue weighted by Gasteiger charge is -2.04. The van der Waals surface area contributed by atoms with Crippen LogP contribution in [0, 0.1) is 0 Å². The third kappa shape index (κ3) is 4.08. The summed E-state index contributed by atoms with van der Waals surface area (Å²) >= 11 is 3.35. The summed E-state index contributed by atoms with van der Waals surface area (Å²) < 4.78 is 6.40. The van der Waals surface area contributed by atoms with Gasteiger partial charge in [0, 0.05) is 10.9 Å². The standard InChI is InChI=1S/C10H11BrO2/c11-9-4-3-5-10(8-9)13-7-2-1-6-12/h3-6,8H,1-2,7H2. The van der Waals surface area contributed by atoms with Crippen molar-refractivity contribution < 1.29 is 9.53 Å². The number of rotatable bonds is 5. The van der Waals surface area contributed by atoms with Gasteiger partial charge in [0.05, 0.1) is 6.61 Å². The zero-order valence-corrected chi connectivity index (χ0v) is 8.79. The van der Waals surface area contributed by atoms with E-state index in [0.717, 1.165) is 22.9 Å². The van der Waals surface area contributed by atoms with Crippen LogP contribution in [0.2, 0.25) is 0 Å². The van der Waals surface area contributed by atoms with E-state index in [1.165, 1.54) is 0 Å². The molecule has 1 rings (SSSR count). The second-order valence-electron chi connectivity index (χ2n) is 2.61. The molecule has 0 atom stereocenters. The van der Waals surface area contributed by atoms with Crippen LogP contribution in [-0.4, -0.2) is 12.9 Å². The monoisotopic (exact) mass is 242 g/mol. The number of unbranched alkanes of at least 4 members (excludes halogenated alkanes) is 1. The maximum absolute atomic E-state index is 10.0. The topological polar surface area (TPSA) is 26.3 Å². The van der Waals surface area contributed by atoms with Crippen molar-refractivity contribution in [1.29, 1.82) is 0 Å². The maximum atomic E-state index is 10.0. The van der Waals surface area contributed by atoms with Crippen molar-refractivity contribution in [2.75, 3.05) is 6.61 Å². The fourth-order valence-corrected chi connectivity index (χ4v) is 1.29. The number of carbonyl (C=O) groups excluding carboxylic acids is 1. The largest absolute Gasteiger partial charge is 0.494 e. The van der Waals surface area contributed by atoms with E-state index in [4.69, 9.17) is 4.74 Å². The molecule has 0 aliphatic heterocycles. The second-order valence-corrected chi connectivity index (χ2v) is 3.53. The highest BCUT2D eigenvalue weighted by Crippen LogP contribution is 2.17. The van der Waals surface area contributed by atoms with E-state index >= 15 is 0 Å². The first-order valence-corrected chi connectivity index (χ1v) is 4.94. The van der Waals surface area contributed by atoms with Gasteiger partial charge in [0.15, 0.2) is 0 Å². The van der Waals surface area contributed by atoms with Crippen LogP contribution in [0.1, 0.15) is 12.8 Å². The molecule has 0 N–H and O–H groups in total. The molecule has 0 radical (unpaired) electrons. The molecule has 0 amide bonds. The van der Waals surface area contributed by atoms with Crippen LogP contribution in [0.4, 0.5) is 0 Å². The lowest BCUT2D eigenvalue weighted by atomic mass is 10.3. The first-order chi connectivity index (χ1) is 6.33. The van der Waals surface area contributed by atoms with Crippen LogP contribution in [0.25, 0.3) is 0 Å². The number of hydrogen-bond acceptors (Lipinski definition) is 2. The summed E-state index contributed by atoms with van der Waals surface area (Å²) in [6.07, 6.45) is 2.24. The third-order valence-electron chi connectivity index (χ3n) is 1.53. The Labute approximate surface area is 86.0 Å². The zero-order valence-electron chi connectivity index (χ0n) is 7.20. The van der Waals surface area contributed by atoms with Crippen molar-refractivity contribution in [3.05, 3.63) is 28.7 Å². The number of ether oxygens (including phenoxy) is 1. The van der Waals surface area contributed by atoms with Gasteiger partial charge in [0.2, 0.25) is 0 Å². The molecular formula is C10H11BrO2. The molecule has 0 saturated carbocycles. The molecule has 13 heavy (non-hydrogen) atoms. The van der Waals surface area contributed by atoms with Gasteiger partial charge in [-0.3, -0.25) is 0 Å². The Morgan fingerprint density at radius 1 is 1.46 bits per heavy atom. The number of hydrogen-bond donors (Lipinski definition) is 0. The first kappa shape index (κ1) is 10.3. The van der Waals surface area contributed by atoms with E-state index in [2.05, 4.69) is 15.9 Å². The summed E-state index contributed by atoms with van der Waals surface area (Å²) in [5, 5.41) is 0. The Kier molecular flexibility index (Phi) is 4.54. The molecule has 0 aliphatic carbocycles. The predicted molar refractivity (Wildman–Crippen MR) is 54.9 cm³/mol. The summed E-state index contributed by atoms with van der Waals surface area (Å²) in [6.45, 7) is 0.592. The Hall–Kier alpha value is -0.830. The third-order valence-corrected chi connectivity index (χ3v) is 2.02. The number of halogens is 1. The van der Waals surface area contributed by atoms with Gasteiger partial charge in [0.25, 0.3) is 0 Å². The van der Waals surface area contributed by atoms with E-state index in [1.807, 2.05) is 24.3 Å². The molecule has 0 aromatic heterocycles. The Balaban J connectivity index is 2.32. The summed E-state index contributed by atoms with van der Waals surface area (Å²) in [5.41, 5.74) is 0. The van der Waals surface area contributed by atoms with Gasteiger partial charge in [-0.2, -0.15) is 0 Å². The summed E-state index contributed by atoms with van der Waals surface area (Å²) in [5.74, 6) is 0.834. The first-order valence-electron chi connectivity index (χ1n) is 4.15. The Bertz CT molecular complexity index is 273. The zero-order chi connectivity index (χ0) is 9.52. The van der Waals surface area contributed by atoms with Crippen molar-refractivity contribution >= 4 is 22.2 Å². The molecule has 0 fully saturated rings. The molecule has 0 heterocycles. The lowest BCUT2D eigenvalue weighted by molar-refractivity contribution is -0.108. The van der Waals surface area contributed by atoms with E-state index in [1.54, 1.807) is 0 Å². The molecule has 1 aromatic carbocycles. The average molecular weight is 243 g/mol. The molecule has 0 aliphatic rings. The van der Waals surface area contributed by atoms with Crippen molar-refractivity contribution in [3.8, 4) is 5.75 Å². The van der Waals surface area contributed by atoms with Crippen LogP contribution >= 0.6 is 15.9 Å². The number of aldehydes is 1. The Morgan fingerprint density at radius 3 is 3.00 bits per heavy atom. The van der Waals surface area contributed by atoms with Gasteiger partial charge in [-0.15, -0.1) is 0 Å². The fourth-order valence-electron chi connectivity index (χ4n) is 0.913. The van der Waals surface area contributed by atoms with E-state index in [9.17, 15) is 4.79 Å². The number of carbonyl (C=O) groups is 1. The molecule has 3 heteroatoms. The quantitative estimate of drug-likeness (QED) is 0.587. The smallest absolute Gasteiger partial charge is 0.120 e. The van der Waals surface area contributed by atoms with Crippen molar-refractivity contribution in [2.24, 2.45) is 0 Å². The normalized spacial score (nSPS) is 9.62. The molecular weight excluding hydrogens is 232 g/mol. The van der Waals surface area contributed by atoms with Crippen LogP contribution in [0.15, 0.2) is 28.7 Å². The molecule has 0 bridgehead atoms. The lowest BCUT2D eigenvalue weighted by Crippen LogP contribution is -1.97. The van der Waals surface area contributed by atoms with Crippen molar-refractivity contribution in [3.63, 3.8) is 0 Å². The van der Waals surface area contributed by atoms with E-state index in [0.29, 0.717) is 13.0 Å². The second kappa shape index (κ2) is 5.75. The maximum Gasteiger partial charge on any atom is 0.120 e. The predicted octanol–water partition coefficient (Wildman–Crippen LogP) is 2.81. The van der Waals surface area contributed by atoms with Gasteiger partial charge in [-0.25, -0.2) is 0 Å². The minimum absolute atomic E-state index is 0.563. The van der Waals surface area contributed by atoms with Crippen LogP contribution in [0.3, 0.4) is 0 Å². The highest BCUT2D eigenvalue weighted by molar-refractivity contribution is 9.10. The average Bonchev–Trinajstić information content (AvgIpc) is 2.13. The molecule has 0 spiro atoms. The van der Waals surface area contributed by atoms with E-state index in [-0.39, 0.29) is 0 Å².